The molecular formula is C15H27N5. The van der Waals surface area contributed by atoms with E-state index in [2.05, 4.69) is 34.0 Å². The maximum atomic E-state index is 5.82. The van der Waals surface area contributed by atoms with Gasteiger partial charge in [0, 0.05) is 25.7 Å². The number of piperidine rings is 1. The van der Waals surface area contributed by atoms with Crippen LogP contribution in [-0.4, -0.2) is 29.6 Å². The van der Waals surface area contributed by atoms with Crippen LogP contribution in [0.15, 0.2) is 6.07 Å². The molecule has 1 aliphatic rings. The van der Waals surface area contributed by atoms with E-state index in [1.54, 1.807) is 0 Å². The van der Waals surface area contributed by atoms with E-state index in [-0.39, 0.29) is 0 Å². The number of anilines is 3. The molecule has 1 aromatic rings. The lowest BCUT2D eigenvalue weighted by Crippen LogP contribution is -2.34. The minimum Gasteiger partial charge on any atom is -0.370 e. The van der Waals surface area contributed by atoms with Crippen molar-refractivity contribution in [1.82, 2.24) is 9.97 Å². The van der Waals surface area contributed by atoms with E-state index in [0.717, 1.165) is 43.6 Å². The Balaban J connectivity index is 2.00. The molecule has 1 aromatic heterocycles. The van der Waals surface area contributed by atoms with E-state index in [1.807, 2.05) is 6.07 Å². The van der Waals surface area contributed by atoms with Gasteiger partial charge < -0.3 is 16.0 Å². The second-order valence-electron chi connectivity index (χ2n) is 5.62. The van der Waals surface area contributed by atoms with Crippen LogP contribution in [0.25, 0.3) is 0 Å². The first-order chi connectivity index (χ1) is 9.72. The summed E-state index contributed by atoms with van der Waals surface area (Å²) in [6, 6.07) is 2.02. The Hall–Kier alpha value is -1.52. The Kier molecular flexibility index (Phi) is 5.44. The lowest BCUT2D eigenvalue weighted by molar-refractivity contribution is 0.377. The molecule has 2 heterocycles. The summed E-state index contributed by atoms with van der Waals surface area (Å²) in [5.41, 5.74) is 5.82. The van der Waals surface area contributed by atoms with Crippen molar-refractivity contribution in [2.45, 2.75) is 46.0 Å². The molecule has 1 fully saturated rings. The Morgan fingerprint density at radius 3 is 2.65 bits per heavy atom. The molecule has 0 radical (unpaired) electrons. The summed E-state index contributed by atoms with van der Waals surface area (Å²) < 4.78 is 0. The second-order valence-corrected chi connectivity index (χ2v) is 5.62. The van der Waals surface area contributed by atoms with E-state index < -0.39 is 0 Å². The van der Waals surface area contributed by atoms with Crippen molar-refractivity contribution < 1.29 is 0 Å². The third-order valence-electron chi connectivity index (χ3n) is 3.92. The van der Waals surface area contributed by atoms with Gasteiger partial charge in [-0.1, -0.05) is 26.7 Å². The SMILES string of the molecule is CCCNc1cc(N2CCC(CCC)CC2)nc(N)n1. The Morgan fingerprint density at radius 2 is 2.00 bits per heavy atom. The lowest BCUT2D eigenvalue weighted by Gasteiger charge is -2.32. The molecule has 0 unspecified atom stereocenters. The van der Waals surface area contributed by atoms with Crippen LogP contribution in [0, 0.1) is 5.92 Å². The lowest BCUT2D eigenvalue weighted by atomic mass is 9.92. The topological polar surface area (TPSA) is 67.1 Å². The molecule has 112 valence electrons. The quantitative estimate of drug-likeness (QED) is 0.837. The Labute approximate surface area is 122 Å². The molecule has 20 heavy (non-hydrogen) atoms. The molecule has 0 spiro atoms. The highest BCUT2D eigenvalue weighted by Crippen LogP contribution is 2.26. The zero-order valence-electron chi connectivity index (χ0n) is 12.7. The smallest absolute Gasteiger partial charge is 0.223 e. The summed E-state index contributed by atoms with van der Waals surface area (Å²) in [6.07, 6.45) is 6.23. The number of aromatic nitrogens is 2. The van der Waals surface area contributed by atoms with Crippen molar-refractivity contribution in [3.05, 3.63) is 6.07 Å². The minimum absolute atomic E-state index is 0.358. The van der Waals surface area contributed by atoms with Crippen molar-refractivity contribution in [2.75, 3.05) is 35.6 Å². The molecular weight excluding hydrogens is 250 g/mol. The highest BCUT2D eigenvalue weighted by atomic mass is 15.2. The molecule has 1 saturated heterocycles. The average molecular weight is 277 g/mol. The molecule has 0 saturated carbocycles. The summed E-state index contributed by atoms with van der Waals surface area (Å²) in [5.74, 6) is 3.04. The van der Waals surface area contributed by atoms with Crippen molar-refractivity contribution >= 4 is 17.6 Å². The van der Waals surface area contributed by atoms with Gasteiger partial charge in [0.2, 0.25) is 5.95 Å². The summed E-state index contributed by atoms with van der Waals surface area (Å²) in [6.45, 7) is 7.47. The zero-order chi connectivity index (χ0) is 14.4. The molecule has 0 atom stereocenters. The van der Waals surface area contributed by atoms with Crippen molar-refractivity contribution in [1.29, 1.82) is 0 Å². The van der Waals surface area contributed by atoms with E-state index in [4.69, 9.17) is 5.73 Å². The van der Waals surface area contributed by atoms with Gasteiger partial charge in [0.15, 0.2) is 0 Å². The third-order valence-corrected chi connectivity index (χ3v) is 3.92. The van der Waals surface area contributed by atoms with Gasteiger partial charge in [0.1, 0.15) is 11.6 Å². The second kappa shape index (κ2) is 7.31. The van der Waals surface area contributed by atoms with Gasteiger partial charge in [-0.15, -0.1) is 0 Å². The first-order valence-electron chi connectivity index (χ1n) is 7.86. The highest BCUT2D eigenvalue weighted by Gasteiger charge is 2.20. The summed E-state index contributed by atoms with van der Waals surface area (Å²) in [7, 11) is 0. The van der Waals surface area contributed by atoms with Crippen LogP contribution < -0.4 is 16.0 Å². The van der Waals surface area contributed by atoms with Crippen molar-refractivity contribution in [3.8, 4) is 0 Å². The van der Waals surface area contributed by atoms with Gasteiger partial charge in [0.25, 0.3) is 0 Å². The molecule has 2 rings (SSSR count). The number of nitrogens with one attached hydrogen (secondary N) is 1. The van der Waals surface area contributed by atoms with Crippen LogP contribution in [0.2, 0.25) is 0 Å². The maximum absolute atomic E-state index is 5.82. The number of hydrogen-bond acceptors (Lipinski definition) is 5. The predicted molar refractivity (Wildman–Crippen MR) is 85.1 cm³/mol. The standard InChI is InChI=1S/C15H27N5/c1-3-5-12-6-9-20(10-7-12)14-11-13(17-8-4-2)18-15(16)19-14/h11-12H,3-10H2,1-2H3,(H3,16,17,18,19). The zero-order valence-corrected chi connectivity index (χ0v) is 12.7. The molecule has 0 bridgehead atoms. The summed E-state index contributed by atoms with van der Waals surface area (Å²) in [5, 5.41) is 3.29. The molecule has 0 aliphatic carbocycles. The van der Waals surface area contributed by atoms with Crippen molar-refractivity contribution in [2.24, 2.45) is 5.92 Å². The summed E-state index contributed by atoms with van der Waals surface area (Å²) >= 11 is 0. The highest BCUT2D eigenvalue weighted by molar-refractivity contribution is 5.52. The molecule has 5 heteroatoms. The fourth-order valence-electron chi connectivity index (χ4n) is 2.82. The molecule has 3 N–H and O–H groups in total. The number of rotatable bonds is 6. The van der Waals surface area contributed by atoms with Crippen molar-refractivity contribution in [3.63, 3.8) is 0 Å². The van der Waals surface area contributed by atoms with E-state index in [1.165, 1.54) is 25.7 Å². The van der Waals surface area contributed by atoms with Crippen LogP contribution in [0.5, 0.6) is 0 Å². The fourth-order valence-corrected chi connectivity index (χ4v) is 2.82. The van der Waals surface area contributed by atoms with Gasteiger partial charge in [-0.3, -0.25) is 0 Å². The molecule has 5 nitrogen and oxygen atoms in total. The van der Waals surface area contributed by atoms with E-state index in [0.29, 0.717) is 5.95 Å². The van der Waals surface area contributed by atoms with Crippen LogP contribution >= 0.6 is 0 Å². The van der Waals surface area contributed by atoms with Crippen LogP contribution in [0.1, 0.15) is 46.0 Å². The average Bonchev–Trinajstić information content (AvgIpc) is 2.46. The fraction of sp³-hybridized carbons (Fsp3) is 0.733. The van der Waals surface area contributed by atoms with Crippen LogP contribution in [-0.2, 0) is 0 Å². The number of hydrogen-bond donors (Lipinski definition) is 2. The van der Waals surface area contributed by atoms with Crippen LogP contribution in [0.4, 0.5) is 17.6 Å². The largest absolute Gasteiger partial charge is 0.370 e. The van der Waals surface area contributed by atoms with Crippen LogP contribution in [0.3, 0.4) is 0 Å². The van der Waals surface area contributed by atoms with E-state index in [9.17, 15) is 0 Å². The first kappa shape index (κ1) is 14.9. The van der Waals surface area contributed by atoms with E-state index >= 15 is 0 Å². The molecule has 0 amide bonds. The molecule has 1 aliphatic heterocycles. The van der Waals surface area contributed by atoms with Gasteiger partial charge >= 0.3 is 0 Å². The van der Waals surface area contributed by atoms with Gasteiger partial charge in [-0.25, -0.2) is 0 Å². The maximum Gasteiger partial charge on any atom is 0.223 e. The van der Waals surface area contributed by atoms with Gasteiger partial charge in [-0.05, 0) is 25.2 Å². The number of nitrogens with zero attached hydrogens (tertiary/aromatic N) is 3. The van der Waals surface area contributed by atoms with Gasteiger partial charge in [0.05, 0.1) is 0 Å². The Morgan fingerprint density at radius 1 is 1.25 bits per heavy atom. The monoisotopic (exact) mass is 277 g/mol. The molecule has 0 aromatic carbocycles. The first-order valence-corrected chi connectivity index (χ1v) is 7.86. The normalized spacial score (nSPS) is 16.4. The van der Waals surface area contributed by atoms with Gasteiger partial charge in [-0.2, -0.15) is 9.97 Å². The predicted octanol–water partition coefficient (Wildman–Crippen LogP) is 2.90. The summed E-state index contributed by atoms with van der Waals surface area (Å²) in [4.78, 5) is 11.0. The number of nitrogen functional groups attached to an aromatic ring is 1. The third kappa shape index (κ3) is 3.99. The minimum atomic E-state index is 0.358. The Bertz CT molecular complexity index is 413. The number of nitrogens with two attached hydrogens (primary N) is 1.